The van der Waals surface area contributed by atoms with Crippen LogP contribution in [0.4, 0.5) is 0 Å². The number of halogens is 1. The van der Waals surface area contributed by atoms with Crippen molar-refractivity contribution in [3.63, 3.8) is 0 Å². The van der Waals surface area contributed by atoms with Gasteiger partial charge in [0.05, 0.1) is 11.7 Å². The zero-order valence-corrected chi connectivity index (χ0v) is 12.0. The Balaban J connectivity index is 2.90. The van der Waals surface area contributed by atoms with E-state index in [1.54, 1.807) is 24.3 Å². The second kappa shape index (κ2) is 6.70. The van der Waals surface area contributed by atoms with Crippen LogP contribution in [0.15, 0.2) is 28.7 Å². The number of thioether (sulfide) groups is 1. The predicted molar refractivity (Wildman–Crippen MR) is 72.8 cm³/mol. The standard InChI is InChI=1S/C12H11BrO4S/c1-7(14)18-10(6-11(15)16)12(17)8-2-4-9(13)5-3-8/h2-5,10H,6H2,1H3,(H,15,16). The van der Waals surface area contributed by atoms with Crippen molar-refractivity contribution in [2.75, 3.05) is 0 Å². The molecular formula is C12H11BrO4S. The minimum atomic E-state index is -1.10. The van der Waals surface area contributed by atoms with E-state index < -0.39 is 11.2 Å². The molecule has 0 spiro atoms. The van der Waals surface area contributed by atoms with Gasteiger partial charge in [0.1, 0.15) is 0 Å². The van der Waals surface area contributed by atoms with Gasteiger partial charge in [0.25, 0.3) is 0 Å². The number of carboxylic acids is 1. The molecule has 1 aromatic carbocycles. The summed E-state index contributed by atoms with van der Waals surface area (Å²) in [6.07, 6.45) is -0.362. The van der Waals surface area contributed by atoms with Gasteiger partial charge in [-0.05, 0) is 12.1 Å². The molecule has 0 radical (unpaired) electrons. The van der Waals surface area contributed by atoms with Gasteiger partial charge < -0.3 is 5.11 Å². The lowest BCUT2D eigenvalue weighted by Crippen LogP contribution is -2.22. The van der Waals surface area contributed by atoms with Gasteiger partial charge in [0.2, 0.25) is 0 Å². The minimum Gasteiger partial charge on any atom is -0.481 e. The van der Waals surface area contributed by atoms with Gasteiger partial charge in [0.15, 0.2) is 10.9 Å². The number of ketones is 1. The number of hydrogen-bond acceptors (Lipinski definition) is 4. The van der Waals surface area contributed by atoms with E-state index in [0.29, 0.717) is 5.56 Å². The van der Waals surface area contributed by atoms with E-state index in [0.717, 1.165) is 16.2 Å². The highest BCUT2D eigenvalue weighted by Gasteiger charge is 2.25. The van der Waals surface area contributed by atoms with Crippen LogP contribution >= 0.6 is 27.7 Å². The molecule has 0 fully saturated rings. The summed E-state index contributed by atoms with van der Waals surface area (Å²) in [5.41, 5.74) is 0.401. The molecule has 0 aliphatic heterocycles. The normalized spacial score (nSPS) is 11.9. The van der Waals surface area contributed by atoms with E-state index in [1.165, 1.54) is 6.92 Å². The van der Waals surface area contributed by atoms with E-state index in [9.17, 15) is 14.4 Å². The number of carboxylic acid groups (broad SMARTS) is 1. The summed E-state index contributed by atoms with van der Waals surface area (Å²) in [5.74, 6) is -1.44. The summed E-state index contributed by atoms with van der Waals surface area (Å²) >= 11 is 4.00. The fourth-order valence-electron chi connectivity index (χ4n) is 1.35. The number of hydrogen-bond donors (Lipinski definition) is 1. The Hall–Kier alpha value is -1.14. The molecule has 0 saturated carbocycles. The fourth-order valence-corrected chi connectivity index (χ4v) is 2.48. The molecule has 0 aromatic heterocycles. The Labute approximate surface area is 117 Å². The van der Waals surface area contributed by atoms with E-state index >= 15 is 0 Å². The third-order valence-electron chi connectivity index (χ3n) is 2.09. The van der Waals surface area contributed by atoms with Crippen molar-refractivity contribution in [1.29, 1.82) is 0 Å². The first kappa shape index (κ1) is 14.9. The van der Waals surface area contributed by atoms with Crippen LogP contribution in [-0.2, 0) is 9.59 Å². The van der Waals surface area contributed by atoms with E-state index in [-0.39, 0.29) is 17.3 Å². The topological polar surface area (TPSA) is 71.4 Å². The fraction of sp³-hybridized carbons (Fsp3) is 0.250. The molecule has 0 aliphatic carbocycles. The van der Waals surface area contributed by atoms with Crippen molar-refractivity contribution in [3.05, 3.63) is 34.3 Å². The summed E-state index contributed by atoms with van der Waals surface area (Å²) in [4.78, 5) is 33.8. The van der Waals surface area contributed by atoms with E-state index in [1.807, 2.05) is 0 Å². The maximum atomic E-state index is 12.1. The molecule has 1 N–H and O–H groups in total. The molecule has 0 bridgehead atoms. The van der Waals surface area contributed by atoms with Gasteiger partial charge in [-0.15, -0.1) is 0 Å². The van der Waals surface area contributed by atoms with Crippen LogP contribution in [0.2, 0.25) is 0 Å². The Bertz CT molecular complexity index is 453. The molecule has 0 saturated heterocycles. The number of benzene rings is 1. The molecule has 96 valence electrons. The number of rotatable bonds is 5. The monoisotopic (exact) mass is 330 g/mol. The average Bonchev–Trinajstić information content (AvgIpc) is 2.27. The second-order valence-electron chi connectivity index (χ2n) is 3.57. The van der Waals surface area contributed by atoms with Crippen LogP contribution in [0.5, 0.6) is 0 Å². The number of Topliss-reactive ketones (excluding diaryl/α,β-unsaturated/α-hetero) is 1. The van der Waals surface area contributed by atoms with Gasteiger partial charge in [0, 0.05) is 17.0 Å². The van der Waals surface area contributed by atoms with E-state index in [4.69, 9.17) is 5.11 Å². The predicted octanol–water partition coefficient (Wildman–Crippen LogP) is 2.75. The lowest BCUT2D eigenvalue weighted by Gasteiger charge is -2.11. The van der Waals surface area contributed by atoms with Crippen LogP contribution in [0.3, 0.4) is 0 Å². The Morgan fingerprint density at radius 3 is 2.28 bits per heavy atom. The van der Waals surface area contributed by atoms with Crippen molar-refractivity contribution in [2.24, 2.45) is 0 Å². The van der Waals surface area contributed by atoms with Crippen molar-refractivity contribution in [2.45, 2.75) is 18.6 Å². The number of carbonyl (C=O) groups is 3. The highest BCUT2D eigenvalue weighted by Crippen LogP contribution is 2.21. The lowest BCUT2D eigenvalue weighted by atomic mass is 10.1. The SMILES string of the molecule is CC(=O)SC(CC(=O)O)C(=O)c1ccc(Br)cc1. The highest BCUT2D eigenvalue weighted by atomic mass is 79.9. The van der Waals surface area contributed by atoms with Crippen LogP contribution in [0.25, 0.3) is 0 Å². The molecular weight excluding hydrogens is 320 g/mol. The quantitative estimate of drug-likeness (QED) is 0.840. The largest absolute Gasteiger partial charge is 0.481 e. The molecule has 1 aromatic rings. The van der Waals surface area contributed by atoms with Crippen LogP contribution in [0.1, 0.15) is 23.7 Å². The van der Waals surface area contributed by atoms with Crippen LogP contribution < -0.4 is 0 Å². The van der Waals surface area contributed by atoms with Crippen molar-refractivity contribution in [3.8, 4) is 0 Å². The number of carbonyl (C=O) groups excluding carboxylic acids is 2. The summed E-state index contributed by atoms with van der Waals surface area (Å²) in [5, 5.41) is 7.61. The van der Waals surface area contributed by atoms with Gasteiger partial charge in [-0.25, -0.2) is 0 Å². The van der Waals surface area contributed by atoms with Gasteiger partial charge in [-0.2, -0.15) is 0 Å². The van der Waals surface area contributed by atoms with Crippen molar-refractivity contribution in [1.82, 2.24) is 0 Å². The van der Waals surface area contributed by atoms with Crippen LogP contribution in [-0.4, -0.2) is 27.2 Å². The first-order valence-corrected chi connectivity index (χ1v) is 6.76. The molecule has 0 amide bonds. The molecule has 1 rings (SSSR count). The summed E-state index contributed by atoms with van der Waals surface area (Å²) in [7, 11) is 0. The molecule has 0 aliphatic rings. The molecule has 4 nitrogen and oxygen atoms in total. The smallest absolute Gasteiger partial charge is 0.304 e. The first-order valence-electron chi connectivity index (χ1n) is 5.09. The Morgan fingerprint density at radius 2 is 1.83 bits per heavy atom. The van der Waals surface area contributed by atoms with Crippen molar-refractivity contribution < 1.29 is 19.5 Å². The maximum Gasteiger partial charge on any atom is 0.304 e. The van der Waals surface area contributed by atoms with Gasteiger partial charge in [-0.3, -0.25) is 14.4 Å². The van der Waals surface area contributed by atoms with Gasteiger partial charge >= 0.3 is 5.97 Å². The molecule has 0 heterocycles. The highest BCUT2D eigenvalue weighted by molar-refractivity contribution is 9.10. The minimum absolute atomic E-state index is 0.272. The second-order valence-corrected chi connectivity index (χ2v) is 5.86. The summed E-state index contributed by atoms with van der Waals surface area (Å²) in [6.45, 7) is 1.31. The molecule has 1 atom stereocenters. The molecule has 1 unspecified atom stereocenters. The lowest BCUT2D eigenvalue weighted by molar-refractivity contribution is -0.136. The molecule has 18 heavy (non-hydrogen) atoms. The third kappa shape index (κ3) is 4.62. The molecule has 6 heteroatoms. The maximum absolute atomic E-state index is 12.1. The third-order valence-corrected chi connectivity index (χ3v) is 3.62. The summed E-state index contributed by atoms with van der Waals surface area (Å²) < 4.78 is 0.827. The Kier molecular flexibility index (Phi) is 5.55. The zero-order valence-electron chi connectivity index (χ0n) is 9.55. The number of aliphatic carboxylic acids is 1. The zero-order chi connectivity index (χ0) is 13.7. The Morgan fingerprint density at radius 1 is 1.28 bits per heavy atom. The first-order chi connectivity index (χ1) is 8.40. The van der Waals surface area contributed by atoms with Gasteiger partial charge in [-0.1, -0.05) is 39.8 Å². The van der Waals surface area contributed by atoms with Crippen molar-refractivity contribution >= 4 is 44.6 Å². The van der Waals surface area contributed by atoms with Crippen LogP contribution in [0, 0.1) is 0 Å². The average molecular weight is 331 g/mol. The van der Waals surface area contributed by atoms with E-state index in [2.05, 4.69) is 15.9 Å². The summed E-state index contributed by atoms with van der Waals surface area (Å²) in [6, 6.07) is 6.59.